The third-order valence-corrected chi connectivity index (χ3v) is 3.60. The van der Waals surface area contributed by atoms with E-state index in [0.717, 1.165) is 9.75 Å². The predicted octanol–water partition coefficient (Wildman–Crippen LogP) is 3.17. The summed E-state index contributed by atoms with van der Waals surface area (Å²) in [6.07, 6.45) is 0. The first-order valence-corrected chi connectivity index (χ1v) is 5.39. The molecule has 0 amide bonds. The van der Waals surface area contributed by atoms with E-state index in [2.05, 4.69) is 0 Å². The van der Waals surface area contributed by atoms with E-state index in [4.69, 9.17) is 5.11 Å². The summed E-state index contributed by atoms with van der Waals surface area (Å²) in [5, 5.41) is 12.6. The molecule has 2 aromatic heterocycles. The van der Waals surface area contributed by atoms with E-state index in [1.54, 1.807) is 22.8 Å². The van der Waals surface area contributed by atoms with Crippen LogP contribution >= 0.6 is 22.7 Å². The minimum atomic E-state index is -0.857. The highest BCUT2D eigenvalue weighted by molar-refractivity contribution is 7.20. The van der Waals surface area contributed by atoms with E-state index in [1.165, 1.54) is 11.3 Å². The summed E-state index contributed by atoms with van der Waals surface area (Å²) in [4.78, 5) is 12.7. The minimum Gasteiger partial charge on any atom is -0.478 e. The van der Waals surface area contributed by atoms with E-state index >= 15 is 0 Å². The predicted molar refractivity (Wildman–Crippen MR) is 54.6 cm³/mol. The lowest BCUT2D eigenvalue weighted by Gasteiger charge is -1.94. The first-order valence-electron chi connectivity index (χ1n) is 3.63. The SMILES string of the molecule is O=C(O)c1ccsc1-c1cccs1. The Kier molecular flexibility index (Phi) is 2.16. The summed E-state index contributed by atoms with van der Waals surface area (Å²) in [5.74, 6) is -0.857. The molecule has 0 atom stereocenters. The Bertz CT molecular complexity index is 415. The molecule has 4 heteroatoms. The van der Waals surface area contributed by atoms with Gasteiger partial charge < -0.3 is 5.11 Å². The highest BCUT2D eigenvalue weighted by Gasteiger charge is 2.12. The van der Waals surface area contributed by atoms with Gasteiger partial charge in [-0.25, -0.2) is 4.79 Å². The van der Waals surface area contributed by atoms with Crippen molar-refractivity contribution < 1.29 is 9.90 Å². The van der Waals surface area contributed by atoms with Gasteiger partial charge in [-0.3, -0.25) is 0 Å². The van der Waals surface area contributed by atoms with Crippen molar-refractivity contribution in [1.29, 1.82) is 0 Å². The maximum Gasteiger partial charge on any atom is 0.337 e. The van der Waals surface area contributed by atoms with Crippen molar-refractivity contribution in [2.24, 2.45) is 0 Å². The molecule has 0 radical (unpaired) electrons. The lowest BCUT2D eigenvalue weighted by molar-refractivity contribution is 0.0698. The van der Waals surface area contributed by atoms with Crippen LogP contribution in [0.4, 0.5) is 0 Å². The Balaban J connectivity index is 2.52. The number of carboxylic acids is 1. The second kappa shape index (κ2) is 3.32. The lowest BCUT2D eigenvalue weighted by atomic mass is 10.2. The van der Waals surface area contributed by atoms with Crippen LogP contribution in [0, 0.1) is 0 Å². The van der Waals surface area contributed by atoms with Crippen molar-refractivity contribution in [2.45, 2.75) is 0 Å². The first kappa shape index (κ1) is 8.47. The second-order valence-electron chi connectivity index (χ2n) is 2.45. The van der Waals surface area contributed by atoms with Crippen LogP contribution in [0.15, 0.2) is 29.0 Å². The van der Waals surface area contributed by atoms with Gasteiger partial charge in [0.15, 0.2) is 0 Å². The molecule has 0 saturated heterocycles. The maximum atomic E-state index is 10.8. The smallest absolute Gasteiger partial charge is 0.337 e. The van der Waals surface area contributed by atoms with Crippen LogP contribution in [-0.2, 0) is 0 Å². The lowest BCUT2D eigenvalue weighted by Crippen LogP contribution is -1.94. The molecule has 2 aromatic rings. The van der Waals surface area contributed by atoms with Crippen LogP contribution in [0.2, 0.25) is 0 Å². The summed E-state index contributed by atoms with van der Waals surface area (Å²) in [5.41, 5.74) is 0.396. The fourth-order valence-electron chi connectivity index (χ4n) is 1.08. The molecule has 2 rings (SSSR count). The largest absolute Gasteiger partial charge is 0.478 e. The van der Waals surface area contributed by atoms with Gasteiger partial charge in [0.05, 0.1) is 10.4 Å². The van der Waals surface area contributed by atoms with Gasteiger partial charge >= 0.3 is 5.97 Å². The topological polar surface area (TPSA) is 37.3 Å². The summed E-state index contributed by atoms with van der Waals surface area (Å²) in [6.45, 7) is 0. The van der Waals surface area contributed by atoms with Gasteiger partial charge in [0.25, 0.3) is 0 Å². The van der Waals surface area contributed by atoms with Gasteiger partial charge in [-0.2, -0.15) is 0 Å². The fraction of sp³-hybridized carbons (Fsp3) is 0. The van der Waals surface area contributed by atoms with Gasteiger partial charge in [0.1, 0.15) is 0 Å². The van der Waals surface area contributed by atoms with Gasteiger partial charge in [0.2, 0.25) is 0 Å². The van der Waals surface area contributed by atoms with Gasteiger partial charge in [0, 0.05) is 4.88 Å². The zero-order valence-electron chi connectivity index (χ0n) is 6.56. The molecule has 0 spiro atoms. The van der Waals surface area contributed by atoms with E-state index in [1.807, 2.05) is 17.5 Å². The van der Waals surface area contributed by atoms with E-state index in [9.17, 15) is 4.79 Å². The Morgan fingerprint density at radius 1 is 1.23 bits per heavy atom. The second-order valence-corrected chi connectivity index (χ2v) is 4.31. The molecule has 0 aliphatic heterocycles. The number of hydrogen-bond donors (Lipinski definition) is 1. The van der Waals surface area contributed by atoms with Gasteiger partial charge in [-0.1, -0.05) is 6.07 Å². The molecule has 66 valence electrons. The van der Waals surface area contributed by atoms with E-state index in [-0.39, 0.29) is 0 Å². The van der Waals surface area contributed by atoms with Gasteiger partial charge in [-0.05, 0) is 22.9 Å². The van der Waals surface area contributed by atoms with Crippen LogP contribution in [0.5, 0.6) is 0 Å². The van der Waals surface area contributed by atoms with Crippen LogP contribution in [0.3, 0.4) is 0 Å². The number of thiophene rings is 2. The minimum absolute atomic E-state index is 0.396. The van der Waals surface area contributed by atoms with Crippen LogP contribution < -0.4 is 0 Å². The van der Waals surface area contributed by atoms with E-state index in [0.29, 0.717) is 5.56 Å². The Morgan fingerprint density at radius 2 is 2.08 bits per heavy atom. The molecule has 0 bridgehead atoms. The summed E-state index contributed by atoms with van der Waals surface area (Å²) in [6, 6.07) is 5.50. The molecule has 0 aliphatic carbocycles. The zero-order valence-corrected chi connectivity index (χ0v) is 8.19. The number of hydrogen-bond acceptors (Lipinski definition) is 3. The zero-order chi connectivity index (χ0) is 9.26. The Morgan fingerprint density at radius 3 is 2.69 bits per heavy atom. The van der Waals surface area contributed by atoms with Crippen molar-refractivity contribution >= 4 is 28.6 Å². The highest BCUT2D eigenvalue weighted by atomic mass is 32.1. The van der Waals surface area contributed by atoms with E-state index < -0.39 is 5.97 Å². The van der Waals surface area contributed by atoms with Crippen molar-refractivity contribution in [3.05, 3.63) is 34.5 Å². The quantitative estimate of drug-likeness (QED) is 0.826. The number of carbonyl (C=O) groups is 1. The van der Waals surface area contributed by atoms with Gasteiger partial charge in [-0.15, -0.1) is 22.7 Å². The molecule has 2 nitrogen and oxygen atoms in total. The van der Waals surface area contributed by atoms with Crippen LogP contribution in [0.25, 0.3) is 9.75 Å². The third kappa shape index (κ3) is 1.50. The molecule has 0 fully saturated rings. The average molecular weight is 210 g/mol. The third-order valence-electron chi connectivity index (χ3n) is 1.64. The molecule has 13 heavy (non-hydrogen) atoms. The highest BCUT2D eigenvalue weighted by Crippen LogP contribution is 2.32. The summed E-state index contributed by atoms with van der Waals surface area (Å²) in [7, 11) is 0. The molecule has 0 saturated carbocycles. The molecule has 2 heterocycles. The van der Waals surface area contributed by atoms with Crippen molar-refractivity contribution in [1.82, 2.24) is 0 Å². The van der Waals surface area contributed by atoms with Crippen molar-refractivity contribution in [3.8, 4) is 9.75 Å². The molecular weight excluding hydrogens is 204 g/mol. The monoisotopic (exact) mass is 210 g/mol. The molecular formula is C9H6O2S2. The van der Waals surface area contributed by atoms with Crippen molar-refractivity contribution in [2.75, 3.05) is 0 Å². The summed E-state index contributed by atoms with van der Waals surface area (Å²) >= 11 is 3.02. The standard InChI is InChI=1S/C9H6O2S2/c10-9(11)6-3-5-13-8(6)7-2-1-4-12-7/h1-5H,(H,10,11). The van der Waals surface area contributed by atoms with Crippen LogP contribution in [0.1, 0.15) is 10.4 Å². The number of rotatable bonds is 2. The average Bonchev–Trinajstić information content (AvgIpc) is 2.74. The number of aromatic carboxylic acids is 1. The maximum absolute atomic E-state index is 10.8. The summed E-state index contributed by atoms with van der Waals surface area (Å²) < 4.78 is 0. The Labute approximate surface area is 83.1 Å². The molecule has 0 aromatic carbocycles. The fourth-order valence-corrected chi connectivity index (χ4v) is 2.85. The Hall–Kier alpha value is -1.13. The molecule has 0 aliphatic rings. The molecule has 1 N–H and O–H groups in total. The van der Waals surface area contributed by atoms with Crippen molar-refractivity contribution in [3.63, 3.8) is 0 Å². The number of carboxylic acid groups (broad SMARTS) is 1. The normalized spacial score (nSPS) is 10.2. The van der Waals surface area contributed by atoms with Crippen LogP contribution in [-0.4, -0.2) is 11.1 Å². The molecule has 0 unspecified atom stereocenters. The first-order chi connectivity index (χ1) is 6.29.